The van der Waals surface area contributed by atoms with Crippen LogP contribution in [0.3, 0.4) is 0 Å². The molecule has 5 rings (SSSR count). The molecule has 2 N–H and O–H groups in total. The van der Waals surface area contributed by atoms with E-state index in [9.17, 15) is 0 Å². The summed E-state index contributed by atoms with van der Waals surface area (Å²) in [5, 5.41) is 4.98. The van der Waals surface area contributed by atoms with Gasteiger partial charge in [-0.15, -0.1) is 0 Å². The van der Waals surface area contributed by atoms with Gasteiger partial charge in [-0.2, -0.15) is 4.98 Å². The average molecular weight is 538 g/mol. The predicted molar refractivity (Wildman–Crippen MR) is 150 cm³/mol. The van der Waals surface area contributed by atoms with Crippen LogP contribution in [0.4, 0.5) is 16.2 Å². The van der Waals surface area contributed by atoms with Gasteiger partial charge < -0.3 is 14.8 Å². The first-order valence-electron chi connectivity index (χ1n) is 12.5. The molecule has 0 bridgehead atoms. The smallest absolute Gasteiger partial charge is 0.223 e. The predicted octanol–water partition coefficient (Wildman–Crippen LogP) is 7.92. The average Bonchev–Trinajstić information content (AvgIpc) is 2.93. The molecule has 0 aliphatic heterocycles. The molecule has 1 fully saturated rings. The van der Waals surface area contributed by atoms with Gasteiger partial charge in [-0.3, -0.25) is 0 Å². The number of ether oxygens (including phenoxy) is 1. The monoisotopic (exact) mass is 537 g/mol. The number of rotatable bonds is 8. The zero-order chi connectivity index (χ0) is 25.8. The molecule has 0 atom stereocenters. The maximum atomic E-state index is 15.2. The molecule has 1 saturated carbocycles. The van der Waals surface area contributed by atoms with Crippen molar-refractivity contribution in [3.8, 4) is 17.0 Å². The lowest BCUT2D eigenvalue weighted by Gasteiger charge is -2.22. The van der Waals surface area contributed by atoms with Gasteiger partial charge in [0.1, 0.15) is 0 Å². The van der Waals surface area contributed by atoms with Crippen LogP contribution in [0, 0.1) is 5.82 Å². The van der Waals surface area contributed by atoms with E-state index in [0.29, 0.717) is 28.5 Å². The standard InChI is InChI=1S/C28H29ClFN5OS/c1-3-17-13-18(14-19-16-31-28(33-25(17)19)32-20-9-5-4-6-10-20)21-15-23(30)26(34-27(21)36-2)35-37-24-12-8-7-11-22(24)29/h7-8,11-16,20H,3-6,9-10H2,1-2H3,(H,34,35)(H,31,32,33). The number of pyridine rings is 1. The second-order valence-electron chi connectivity index (χ2n) is 9.11. The van der Waals surface area contributed by atoms with Crippen LogP contribution in [-0.2, 0) is 6.42 Å². The molecule has 1 aliphatic rings. The molecule has 4 aromatic rings. The summed E-state index contributed by atoms with van der Waals surface area (Å²) in [6, 6.07) is 13.2. The number of fused-ring (bicyclic) bond motifs is 1. The van der Waals surface area contributed by atoms with Crippen molar-refractivity contribution in [1.29, 1.82) is 0 Å². The summed E-state index contributed by atoms with van der Waals surface area (Å²) >= 11 is 7.41. The third-order valence-electron chi connectivity index (χ3n) is 6.62. The first kappa shape index (κ1) is 25.5. The minimum Gasteiger partial charge on any atom is -0.480 e. The highest BCUT2D eigenvalue weighted by molar-refractivity contribution is 8.00. The van der Waals surface area contributed by atoms with Crippen molar-refractivity contribution in [3.05, 3.63) is 65.1 Å². The highest BCUT2D eigenvalue weighted by Gasteiger charge is 2.18. The van der Waals surface area contributed by atoms with Gasteiger partial charge in [-0.05, 0) is 72.7 Å². The molecule has 0 radical (unpaired) electrons. The minimum absolute atomic E-state index is 0.0730. The van der Waals surface area contributed by atoms with Crippen molar-refractivity contribution >= 4 is 46.2 Å². The molecule has 9 heteroatoms. The van der Waals surface area contributed by atoms with Crippen molar-refractivity contribution < 1.29 is 9.13 Å². The van der Waals surface area contributed by atoms with Gasteiger partial charge in [0.05, 0.1) is 17.6 Å². The van der Waals surface area contributed by atoms with E-state index >= 15 is 4.39 Å². The molecule has 0 spiro atoms. The van der Waals surface area contributed by atoms with E-state index in [2.05, 4.69) is 26.9 Å². The lowest BCUT2D eigenvalue weighted by molar-refractivity contribution is 0.399. The van der Waals surface area contributed by atoms with Gasteiger partial charge in [0.2, 0.25) is 11.8 Å². The first-order chi connectivity index (χ1) is 18.1. The molecule has 0 saturated heterocycles. The molecule has 1 aliphatic carbocycles. The Kier molecular flexibility index (Phi) is 7.96. The van der Waals surface area contributed by atoms with E-state index in [1.54, 1.807) is 6.07 Å². The molecular formula is C28H29ClFN5OS. The fourth-order valence-electron chi connectivity index (χ4n) is 4.68. The molecule has 6 nitrogen and oxygen atoms in total. The molecule has 37 heavy (non-hydrogen) atoms. The number of aromatic nitrogens is 3. The van der Waals surface area contributed by atoms with Gasteiger partial charge in [0.25, 0.3) is 0 Å². The number of aryl methyl sites for hydroxylation is 1. The van der Waals surface area contributed by atoms with Crippen molar-refractivity contribution in [3.63, 3.8) is 0 Å². The van der Waals surface area contributed by atoms with Crippen LogP contribution in [0.15, 0.2) is 53.6 Å². The summed E-state index contributed by atoms with van der Waals surface area (Å²) in [6.45, 7) is 2.09. The molecule has 192 valence electrons. The largest absolute Gasteiger partial charge is 0.480 e. The van der Waals surface area contributed by atoms with Crippen LogP contribution in [0.2, 0.25) is 5.02 Å². The Labute approximate surface area is 225 Å². The quantitative estimate of drug-likeness (QED) is 0.221. The summed E-state index contributed by atoms with van der Waals surface area (Å²) < 4.78 is 23.7. The third-order valence-corrected chi connectivity index (χ3v) is 7.93. The highest BCUT2D eigenvalue weighted by Crippen LogP contribution is 2.36. The Morgan fingerprint density at radius 3 is 2.68 bits per heavy atom. The van der Waals surface area contributed by atoms with E-state index in [-0.39, 0.29) is 5.82 Å². The second kappa shape index (κ2) is 11.5. The SMILES string of the molecule is CCc1cc(-c2cc(F)c(NSc3ccccc3Cl)nc2OC)cc2cnc(NC3CCCCC3)nc12. The Hall–Kier alpha value is -3.10. The Bertz CT molecular complexity index is 1410. The number of halogens is 2. The number of methoxy groups -OCH3 is 1. The number of anilines is 2. The number of benzene rings is 2. The van der Waals surface area contributed by atoms with Crippen LogP contribution in [0.5, 0.6) is 5.88 Å². The van der Waals surface area contributed by atoms with Crippen LogP contribution in [-0.4, -0.2) is 28.1 Å². The Morgan fingerprint density at radius 1 is 1.11 bits per heavy atom. The fraction of sp³-hybridized carbons (Fsp3) is 0.321. The van der Waals surface area contributed by atoms with Crippen LogP contribution in [0.1, 0.15) is 44.6 Å². The second-order valence-corrected chi connectivity index (χ2v) is 10.4. The maximum absolute atomic E-state index is 15.2. The van der Waals surface area contributed by atoms with Crippen molar-refractivity contribution in [2.24, 2.45) is 0 Å². The van der Waals surface area contributed by atoms with Gasteiger partial charge in [0, 0.05) is 28.1 Å². The zero-order valence-electron chi connectivity index (χ0n) is 20.9. The van der Waals surface area contributed by atoms with Crippen molar-refractivity contribution in [2.45, 2.75) is 56.4 Å². The Balaban J connectivity index is 1.45. The van der Waals surface area contributed by atoms with Crippen LogP contribution in [0.25, 0.3) is 22.0 Å². The van der Waals surface area contributed by atoms with Crippen molar-refractivity contribution in [1.82, 2.24) is 15.0 Å². The summed E-state index contributed by atoms with van der Waals surface area (Å²) in [7, 11) is 1.53. The van der Waals surface area contributed by atoms with Crippen molar-refractivity contribution in [2.75, 3.05) is 17.1 Å². The van der Waals surface area contributed by atoms with E-state index < -0.39 is 5.82 Å². The lowest BCUT2D eigenvalue weighted by atomic mass is 9.96. The molecular weight excluding hydrogens is 509 g/mol. The fourth-order valence-corrected chi connectivity index (χ4v) is 5.59. The van der Waals surface area contributed by atoms with E-state index in [4.69, 9.17) is 21.3 Å². The summed E-state index contributed by atoms with van der Waals surface area (Å²) in [4.78, 5) is 14.6. The summed E-state index contributed by atoms with van der Waals surface area (Å²) in [5.74, 6) is 0.570. The highest BCUT2D eigenvalue weighted by atomic mass is 35.5. The normalized spacial score (nSPS) is 14.1. The van der Waals surface area contributed by atoms with E-state index in [1.165, 1.54) is 44.4 Å². The first-order valence-corrected chi connectivity index (χ1v) is 13.7. The topological polar surface area (TPSA) is 72.0 Å². The summed E-state index contributed by atoms with van der Waals surface area (Å²) in [5.41, 5.74) is 3.32. The molecule has 0 unspecified atom stereocenters. The third kappa shape index (κ3) is 5.75. The van der Waals surface area contributed by atoms with Gasteiger partial charge >= 0.3 is 0 Å². The lowest BCUT2D eigenvalue weighted by Crippen LogP contribution is -2.23. The summed E-state index contributed by atoms with van der Waals surface area (Å²) in [6.07, 6.45) is 8.71. The van der Waals surface area contributed by atoms with E-state index in [0.717, 1.165) is 46.2 Å². The van der Waals surface area contributed by atoms with Gasteiger partial charge in [-0.1, -0.05) is 49.9 Å². The van der Waals surface area contributed by atoms with Gasteiger partial charge in [-0.25, -0.2) is 14.4 Å². The maximum Gasteiger partial charge on any atom is 0.223 e. The molecule has 2 aromatic carbocycles. The molecule has 2 heterocycles. The number of nitrogens with zero attached hydrogens (tertiary/aromatic N) is 3. The Morgan fingerprint density at radius 2 is 1.92 bits per heavy atom. The number of hydrogen-bond acceptors (Lipinski definition) is 7. The number of hydrogen-bond donors (Lipinski definition) is 2. The van der Waals surface area contributed by atoms with Crippen LogP contribution >= 0.6 is 23.5 Å². The van der Waals surface area contributed by atoms with E-state index in [1.807, 2.05) is 36.5 Å². The minimum atomic E-state index is -0.489. The molecule has 2 aromatic heterocycles. The van der Waals surface area contributed by atoms with Crippen LogP contribution < -0.4 is 14.8 Å². The molecule has 0 amide bonds. The zero-order valence-corrected chi connectivity index (χ0v) is 22.4. The number of nitrogens with one attached hydrogen (secondary N) is 2. The van der Waals surface area contributed by atoms with Gasteiger partial charge in [0.15, 0.2) is 11.6 Å².